The Morgan fingerprint density at radius 1 is 1.47 bits per heavy atom. The highest BCUT2D eigenvalue weighted by molar-refractivity contribution is 7.91. The lowest BCUT2D eigenvalue weighted by Gasteiger charge is -2.13. The zero-order chi connectivity index (χ0) is 11.5. The van der Waals surface area contributed by atoms with Gasteiger partial charge in [0.1, 0.15) is 0 Å². The molecule has 15 heavy (non-hydrogen) atoms. The summed E-state index contributed by atoms with van der Waals surface area (Å²) < 4.78 is 22.2. The smallest absolute Gasteiger partial charge is 0.217 e. The molecule has 0 bridgehead atoms. The lowest BCUT2D eigenvalue weighted by molar-refractivity contribution is -0.118. The van der Waals surface area contributed by atoms with Crippen molar-refractivity contribution in [2.45, 2.75) is 25.0 Å². The molecule has 4 N–H and O–H groups in total. The first-order chi connectivity index (χ1) is 6.91. The molecular formula is C8H16N2O4S. The van der Waals surface area contributed by atoms with E-state index in [9.17, 15) is 18.3 Å². The van der Waals surface area contributed by atoms with E-state index in [2.05, 4.69) is 5.32 Å². The molecule has 0 aromatic rings. The average Bonchev–Trinajstić information content (AvgIpc) is 2.33. The van der Waals surface area contributed by atoms with Gasteiger partial charge in [0.15, 0.2) is 9.84 Å². The molecule has 1 amide bonds. The fourth-order valence-electron chi connectivity index (χ4n) is 1.57. The SMILES string of the molecule is NC(=O)CCCNC1CS(=O)(=O)CC1O. The molecule has 0 radical (unpaired) electrons. The largest absolute Gasteiger partial charge is 0.390 e. The maximum Gasteiger partial charge on any atom is 0.217 e. The molecule has 1 aliphatic heterocycles. The second kappa shape index (κ2) is 4.91. The van der Waals surface area contributed by atoms with E-state index in [0.29, 0.717) is 13.0 Å². The quantitative estimate of drug-likeness (QED) is 0.478. The fraction of sp³-hybridized carbons (Fsp3) is 0.875. The highest BCUT2D eigenvalue weighted by Crippen LogP contribution is 2.12. The van der Waals surface area contributed by atoms with Crippen LogP contribution in [-0.2, 0) is 14.6 Å². The maximum absolute atomic E-state index is 11.1. The Labute approximate surface area is 88.8 Å². The van der Waals surface area contributed by atoms with Gasteiger partial charge in [-0.15, -0.1) is 0 Å². The van der Waals surface area contributed by atoms with Crippen LogP contribution in [0.25, 0.3) is 0 Å². The minimum Gasteiger partial charge on any atom is -0.390 e. The van der Waals surface area contributed by atoms with Crippen molar-refractivity contribution in [3.63, 3.8) is 0 Å². The Hall–Kier alpha value is -0.660. The molecule has 6 nitrogen and oxygen atoms in total. The summed E-state index contributed by atoms with van der Waals surface area (Å²) in [5, 5.41) is 12.3. The minimum absolute atomic E-state index is 0.0370. The Balaban J connectivity index is 2.25. The molecule has 1 saturated heterocycles. The third-order valence-electron chi connectivity index (χ3n) is 2.33. The van der Waals surface area contributed by atoms with Crippen molar-refractivity contribution >= 4 is 15.7 Å². The number of aliphatic hydroxyl groups is 1. The Kier molecular flexibility index (Phi) is 4.06. The van der Waals surface area contributed by atoms with E-state index in [0.717, 1.165) is 0 Å². The number of carbonyl (C=O) groups excluding carboxylic acids is 1. The molecule has 0 aliphatic carbocycles. The van der Waals surface area contributed by atoms with Gasteiger partial charge in [-0.25, -0.2) is 8.42 Å². The van der Waals surface area contributed by atoms with Crippen LogP contribution in [0.2, 0.25) is 0 Å². The summed E-state index contributed by atoms with van der Waals surface area (Å²) >= 11 is 0. The van der Waals surface area contributed by atoms with E-state index < -0.39 is 22.0 Å². The van der Waals surface area contributed by atoms with Crippen LogP contribution in [0.4, 0.5) is 0 Å². The van der Waals surface area contributed by atoms with Crippen LogP contribution >= 0.6 is 0 Å². The summed E-state index contributed by atoms with van der Waals surface area (Å²) in [5.41, 5.74) is 4.95. The van der Waals surface area contributed by atoms with Crippen molar-refractivity contribution in [2.24, 2.45) is 5.73 Å². The number of carbonyl (C=O) groups is 1. The summed E-state index contributed by atoms with van der Waals surface area (Å²) in [5.74, 6) is -0.595. The van der Waals surface area contributed by atoms with Gasteiger partial charge in [-0.05, 0) is 13.0 Å². The van der Waals surface area contributed by atoms with Crippen LogP contribution in [0.3, 0.4) is 0 Å². The van der Waals surface area contributed by atoms with Gasteiger partial charge in [-0.2, -0.15) is 0 Å². The highest BCUT2D eigenvalue weighted by Gasteiger charge is 2.35. The minimum atomic E-state index is -3.10. The third kappa shape index (κ3) is 4.15. The third-order valence-corrected chi connectivity index (χ3v) is 4.05. The van der Waals surface area contributed by atoms with Gasteiger partial charge >= 0.3 is 0 Å². The number of hydrogen-bond acceptors (Lipinski definition) is 5. The summed E-state index contributed by atoms with van der Waals surface area (Å²) in [6, 6.07) is -0.414. The molecule has 1 fully saturated rings. The lowest BCUT2D eigenvalue weighted by Crippen LogP contribution is -2.39. The van der Waals surface area contributed by atoms with Gasteiger partial charge in [-0.1, -0.05) is 0 Å². The fourth-order valence-corrected chi connectivity index (χ4v) is 3.35. The predicted octanol–water partition coefficient (Wildman–Crippen LogP) is -2.00. The molecule has 0 aromatic carbocycles. The number of rotatable bonds is 5. The zero-order valence-corrected chi connectivity index (χ0v) is 9.16. The summed E-state index contributed by atoms with van der Waals surface area (Å²) in [6.45, 7) is 0.486. The molecular weight excluding hydrogens is 220 g/mol. The van der Waals surface area contributed by atoms with Gasteiger partial charge in [0, 0.05) is 12.5 Å². The molecule has 0 saturated carbocycles. The number of sulfone groups is 1. The number of nitrogens with one attached hydrogen (secondary N) is 1. The predicted molar refractivity (Wildman–Crippen MR) is 54.9 cm³/mol. The molecule has 88 valence electrons. The van der Waals surface area contributed by atoms with Crippen LogP contribution in [0.1, 0.15) is 12.8 Å². The summed E-state index contributed by atoms with van der Waals surface area (Å²) in [7, 11) is -3.10. The normalized spacial score (nSPS) is 29.1. The van der Waals surface area contributed by atoms with Gasteiger partial charge in [0.2, 0.25) is 5.91 Å². The highest BCUT2D eigenvalue weighted by atomic mass is 32.2. The second-order valence-electron chi connectivity index (χ2n) is 3.77. The maximum atomic E-state index is 11.1. The number of amides is 1. The van der Waals surface area contributed by atoms with Crippen LogP contribution < -0.4 is 11.1 Å². The van der Waals surface area contributed by atoms with Crippen molar-refractivity contribution in [1.29, 1.82) is 0 Å². The molecule has 7 heteroatoms. The Bertz CT molecular complexity index is 328. The van der Waals surface area contributed by atoms with Gasteiger partial charge in [0.05, 0.1) is 17.6 Å². The monoisotopic (exact) mass is 236 g/mol. The standard InChI is InChI=1S/C8H16N2O4S/c9-8(12)2-1-3-10-6-4-15(13,14)5-7(6)11/h6-7,10-11H,1-5H2,(H2,9,12). The van der Waals surface area contributed by atoms with E-state index in [1.807, 2.05) is 0 Å². The van der Waals surface area contributed by atoms with Crippen LogP contribution in [0.15, 0.2) is 0 Å². The molecule has 2 unspecified atom stereocenters. The lowest BCUT2D eigenvalue weighted by atomic mass is 10.2. The zero-order valence-electron chi connectivity index (χ0n) is 8.35. The number of hydrogen-bond donors (Lipinski definition) is 3. The number of primary amides is 1. The average molecular weight is 236 g/mol. The molecule has 1 rings (SSSR count). The van der Waals surface area contributed by atoms with E-state index in [1.54, 1.807) is 0 Å². The summed E-state index contributed by atoms with van der Waals surface area (Å²) in [6.07, 6.45) is -0.0233. The Morgan fingerprint density at radius 3 is 2.60 bits per heavy atom. The summed E-state index contributed by atoms with van der Waals surface area (Å²) in [4.78, 5) is 10.4. The van der Waals surface area contributed by atoms with Gasteiger partial charge in [-0.3, -0.25) is 4.79 Å². The molecule has 2 atom stereocenters. The van der Waals surface area contributed by atoms with E-state index in [-0.39, 0.29) is 23.8 Å². The first kappa shape index (κ1) is 12.4. The number of aliphatic hydroxyl groups excluding tert-OH is 1. The van der Waals surface area contributed by atoms with E-state index in [4.69, 9.17) is 5.73 Å². The first-order valence-electron chi connectivity index (χ1n) is 4.81. The van der Waals surface area contributed by atoms with Crippen molar-refractivity contribution in [1.82, 2.24) is 5.32 Å². The molecule has 0 aromatic heterocycles. The topological polar surface area (TPSA) is 109 Å². The van der Waals surface area contributed by atoms with Crippen molar-refractivity contribution in [2.75, 3.05) is 18.1 Å². The molecule has 1 aliphatic rings. The van der Waals surface area contributed by atoms with Crippen LogP contribution in [0, 0.1) is 0 Å². The van der Waals surface area contributed by atoms with Gasteiger partial charge < -0.3 is 16.2 Å². The van der Waals surface area contributed by atoms with Gasteiger partial charge in [0.25, 0.3) is 0 Å². The van der Waals surface area contributed by atoms with Crippen LogP contribution in [-0.4, -0.2) is 49.6 Å². The first-order valence-corrected chi connectivity index (χ1v) is 6.63. The van der Waals surface area contributed by atoms with Crippen LogP contribution in [0.5, 0.6) is 0 Å². The van der Waals surface area contributed by atoms with Crippen molar-refractivity contribution in [3.05, 3.63) is 0 Å². The van der Waals surface area contributed by atoms with Crippen molar-refractivity contribution in [3.8, 4) is 0 Å². The number of nitrogens with two attached hydrogens (primary N) is 1. The van der Waals surface area contributed by atoms with E-state index >= 15 is 0 Å². The van der Waals surface area contributed by atoms with Crippen molar-refractivity contribution < 1.29 is 18.3 Å². The van der Waals surface area contributed by atoms with E-state index in [1.165, 1.54) is 0 Å². The second-order valence-corrected chi connectivity index (χ2v) is 5.93. The molecule has 1 heterocycles. The Morgan fingerprint density at radius 2 is 2.13 bits per heavy atom. The molecule has 0 spiro atoms.